The van der Waals surface area contributed by atoms with Gasteiger partial charge in [0.05, 0.1) is 16.3 Å². The summed E-state index contributed by atoms with van der Waals surface area (Å²) >= 11 is 0. The Kier molecular flexibility index (Phi) is 5.73. The third-order valence-corrected chi connectivity index (χ3v) is 6.86. The molecule has 0 bridgehead atoms. The Hall–Kier alpha value is -2.43. The average molecular weight is 424 g/mol. The summed E-state index contributed by atoms with van der Waals surface area (Å²) in [4.78, 5) is 13.3. The first-order chi connectivity index (χ1) is 13.1. The smallest absolute Gasteiger partial charge is 0.240 e. The third-order valence-electron chi connectivity index (χ3n) is 4.35. The Balaban J connectivity index is 1.69. The van der Waals surface area contributed by atoms with Crippen molar-refractivity contribution in [1.82, 2.24) is 10.0 Å². The summed E-state index contributed by atoms with van der Waals surface area (Å²) in [5, 5.41) is 2.76. The van der Waals surface area contributed by atoms with Crippen molar-refractivity contribution >= 4 is 31.5 Å². The van der Waals surface area contributed by atoms with Crippen LogP contribution in [0.3, 0.4) is 0 Å². The Morgan fingerprint density at radius 1 is 1.04 bits per heavy atom. The number of piperazine rings is 1. The van der Waals surface area contributed by atoms with E-state index in [1.54, 1.807) is 12.1 Å². The van der Waals surface area contributed by atoms with Gasteiger partial charge in [0.2, 0.25) is 15.9 Å². The van der Waals surface area contributed by atoms with Crippen molar-refractivity contribution in [2.75, 3.05) is 30.8 Å². The molecule has 150 valence electrons. The molecule has 0 unspecified atom stereocenters. The average Bonchev–Trinajstić information content (AvgIpc) is 2.66. The fourth-order valence-corrected chi connectivity index (χ4v) is 4.62. The highest BCUT2D eigenvalue weighted by atomic mass is 32.2. The minimum absolute atomic E-state index is 0.0283. The molecule has 28 heavy (non-hydrogen) atoms. The number of nitrogens with one attached hydrogen (secondary N) is 2. The normalized spacial score (nSPS) is 15.3. The molecule has 10 heteroatoms. The second kappa shape index (κ2) is 7.90. The number of carbonyl (C=O) groups excluding carboxylic acids is 1. The number of hydrogen-bond acceptors (Lipinski definition) is 6. The molecule has 2 N–H and O–H groups in total. The SMILES string of the molecule is CS(=O)(=O)c1cccc(S(=O)(=O)NCc2ccc(N3CCNC(=O)C3)cc2)c1. The molecule has 0 radical (unpaired) electrons. The van der Waals surface area contributed by atoms with Gasteiger partial charge in [0.25, 0.3) is 0 Å². The number of anilines is 1. The molecule has 0 aliphatic carbocycles. The predicted octanol–water partition coefficient (Wildman–Crippen LogP) is 0.505. The standard InChI is InChI=1S/C18H21N3O5S2/c1-27(23,24)16-3-2-4-17(11-16)28(25,26)20-12-14-5-7-15(8-6-14)21-10-9-19-18(22)13-21/h2-8,11,20H,9-10,12-13H2,1H3,(H,19,22). The molecule has 2 aromatic rings. The lowest BCUT2D eigenvalue weighted by atomic mass is 10.2. The van der Waals surface area contributed by atoms with E-state index in [0.717, 1.165) is 23.6 Å². The topological polar surface area (TPSA) is 113 Å². The van der Waals surface area contributed by atoms with Crippen LogP contribution in [0.25, 0.3) is 0 Å². The van der Waals surface area contributed by atoms with Gasteiger partial charge in [-0.2, -0.15) is 0 Å². The van der Waals surface area contributed by atoms with Gasteiger partial charge in [-0.3, -0.25) is 4.79 Å². The molecule has 1 saturated heterocycles. The summed E-state index contributed by atoms with van der Waals surface area (Å²) in [6.07, 6.45) is 1.03. The highest BCUT2D eigenvalue weighted by molar-refractivity contribution is 7.91. The number of benzene rings is 2. The van der Waals surface area contributed by atoms with Crippen LogP contribution in [0, 0.1) is 0 Å². The fourth-order valence-electron chi connectivity index (χ4n) is 2.82. The summed E-state index contributed by atoms with van der Waals surface area (Å²) in [5.41, 5.74) is 1.63. The van der Waals surface area contributed by atoms with Gasteiger partial charge in [0.1, 0.15) is 0 Å². The van der Waals surface area contributed by atoms with Gasteiger partial charge in [0.15, 0.2) is 9.84 Å². The first kappa shape index (κ1) is 20.3. The van der Waals surface area contributed by atoms with E-state index in [4.69, 9.17) is 0 Å². The summed E-state index contributed by atoms with van der Waals surface area (Å²) in [5.74, 6) is -0.0283. The molecule has 3 rings (SSSR count). The van der Waals surface area contributed by atoms with Crippen LogP contribution in [0.1, 0.15) is 5.56 Å². The van der Waals surface area contributed by atoms with Crippen LogP contribution in [-0.4, -0.2) is 48.6 Å². The molecule has 1 aliphatic rings. The highest BCUT2D eigenvalue weighted by Gasteiger charge is 2.18. The molecule has 0 aromatic heterocycles. The van der Waals surface area contributed by atoms with E-state index in [1.807, 2.05) is 17.0 Å². The largest absolute Gasteiger partial charge is 0.360 e. The van der Waals surface area contributed by atoms with Crippen molar-refractivity contribution in [3.8, 4) is 0 Å². The van der Waals surface area contributed by atoms with E-state index >= 15 is 0 Å². The van der Waals surface area contributed by atoms with Crippen LogP contribution >= 0.6 is 0 Å². The van der Waals surface area contributed by atoms with E-state index in [-0.39, 0.29) is 22.2 Å². The van der Waals surface area contributed by atoms with Crippen LogP contribution in [0.4, 0.5) is 5.69 Å². The van der Waals surface area contributed by atoms with Crippen molar-refractivity contribution in [3.63, 3.8) is 0 Å². The molecule has 8 nitrogen and oxygen atoms in total. The van der Waals surface area contributed by atoms with Gasteiger partial charge < -0.3 is 10.2 Å². The zero-order valence-electron chi connectivity index (χ0n) is 15.3. The monoisotopic (exact) mass is 423 g/mol. The number of sulfonamides is 1. The Labute approximate surface area is 164 Å². The van der Waals surface area contributed by atoms with Crippen molar-refractivity contribution in [3.05, 3.63) is 54.1 Å². The molecule has 0 atom stereocenters. The summed E-state index contributed by atoms with van der Waals surface area (Å²) in [6.45, 7) is 1.66. The minimum Gasteiger partial charge on any atom is -0.360 e. The lowest BCUT2D eigenvalue weighted by Crippen LogP contribution is -2.47. The lowest BCUT2D eigenvalue weighted by molar-refractivity contribution is -0.120. The highest BCUT2D eigenvalue weighted by Crippen LogP contribution is 2.18. The summed E-state index contributed by atoms with van der Waals surface area (Å²) in [6, 6.07) is 12.5. The molecule has 1 amide bonds. The van der Waals surface area contributed by atoms with E-state index in [9.17, 15) is 21.6 Å². The number of amides is 1. The van der Waals surface area contributed by atoms with Gasteiger partial charge in [-0.15, -0.1) is 0 Å². The van der Waals surface area contributed by atoms with Crippen LogP contribution in [0.2, 0.25) is 0 Å². The van der Waals surface area contributed by atoms with Crippen molar-refractivity contribution in [2.24, 2.45) is 0 Å². The van der Waals surface area contributed by atoms with Crippen molar-refractivity contribution < 1.29 is 21.6 Å². The van der Waals surface area contributed by atoms with E-state index in [0.29, 0.717) is 19.6 Å². The van der Waals surface area contributed by atoms with E-state index in [1.165, 1.54) is 18.2 Å². The van der Waals surface area contributed by atoms with Gasteiger partial charge in [0, 0.05) is 31.6 Å². The number of nitrogens with zero attached hydrogens (tertiary/aromatic N) is 1. The van der Waals surface area contributed by atoms with Crippen molar-refractivity contribution in [2.45, 2.75) is 16.3 Å². The van der Waals surface area contributed by atoms with Crippen LogP contribution in [0.15, 0.2) is 58.3 Å². The fraction of sp³-hybridized carbons (Fsp3) is 0.278. The molecular formula is C18H21N3O5S2. The number of sulfone groups is 1. The first-order valence-electron chi connectivity index (χ1n) is 8.55. The maximum absolute atomic E-state index is 12.5. The zero-order valence-corrected chi connectivity index (χ0v) is 16.9. The quantitative estimate of drug-likeness (QED) is 0.700. The van der Waals surface area contributed by atoms with Crippen LogP contribution in [0.5, 0.6) is 0 Å². The molecular weight excluding hydrogens is 402 g/mol. The number of carbonyl (C=O) groups is 1. The van der Waals surface area contributed by atoms with Gasteiger partial charge in [-0.1, -0.05) is 18.2 Å². The number of rotatable bonds is 6. The summed E-state index contributed by atoms with van der Waals surface area (Å²) < 4.78 is 50.7. The van der Waals surface area contributed by atoms with Gasteiger partial charge in [-0.05, 0) is 35.9 Å². The van der Waals surface area contributed by atoms with Crippen LogP contribution in [-0.2, 0) is 31.2 Å². The maximum Gasteiger partial charge on any atom is 0.240 e. The first-order valence-corrected chi connectivity index (χ1v) is 11.9. The van der Waals surface area contributed by atoms with Gasteiger partial charge >= 0.3 is 0 Å². The molecule has 1 fully saturated rings. The molecule has 2 aromatic carbocycles. The predicted molar refractivity (Wildman–Crippen MR) is 105 cm³/mol. The Morgan fingerprint density at radius 2 is 1.71 bits per heavy atom. The molecule has 0 spiro atoms. The zero-order chi connectivity index (χ0) is 20.4. The molecule has 0 saturated carbocycles. The lowest BCUT2D eigenvalue weighted by Gasteiger charge is -2.28. The number of hydrogen-bond donors (Lipinski definition) is 2. The molecule has 1 aliphatic heterocycles. The Bertz CT molecular complexity index is 1080. The second-order valence-electron chi connectivity index (χ2n) is 6.51. The summed E-state index contributed by atoms with van der Waals surface area (Å²) in [7, 11) is -7.35. The van der Waals surface area contributed by atoms with Crippen LogP contribution < -0.4 is 14.9 Å². The minimum atomic E-state index is -3.86. The Morgan fingerprint density at radius 3 is 2.36 bits per heavy atom. The van der Waals surface area contributed by atoms with E-state index < -0.39 is 19.9 Å². The van der Waals surface area contributed by atoms with Gasteiger partial charge in [-0.25, -0.2) is 21.6 Å². The van der Waals surface area contributed by atoms with E-state index in [2.05, 4.69) is 10.0 Å². The molecule has 1 heterocycles. The maximum atomic E-state index is 12.5. The second-order valence-corrected chi connectivity index (χ2v) is 10.3. The third kappa shape index (κ3) is 4.89. The van der Waals surface area contributed by atoms with Crippen molar-refractivity contribution in [1.29, 1.82) is 0 Å².